The van der Waals surface area contributed by atoms with Gasteiger partial charge in [0.1, 0.15) is 29.9 Å². The van der Waals surface area contributed by atoms with Crippen LogP contribution in [-0.2, 0) is 31.1 Å². The number of β-lactam (4-membered cyclic amide) rings is 1. The number of oxime groups is 1. The highest BCUT2D eigenvalue weighted by Gasteiger charge is 2.54. The van der Waals surface area contributed by atoms with Crippen molar-refractivity contribution in [1.29, 1.82) is 0 Å². The third-order valence-corrected chi connectivity index (χ3v) is 8.64. The number of aryl methyl sites for hydroxylation is 1. The predicted octanol–water partition coefficient (Wildman–Crippen LogP) is 0.275. The summed E-state index contributed by atoms with van der Waals surface area (Å²) in [4.78, 5) is 60.3. The van der Waals surface area contributed by atoms with E-state index in [0.29, 0.717) is 17.1 Å². The molecule has 3 atom stereocenters. The molecule has 2 aromatic rings. The summed E-state index contributed by atoms with van der Waals surface area (Å²) in [6.07, 6.45) is 2.43. The van der Waals surface area contributed by atoms with Crippen LogP contribution in [0.25, 0.3) is 0 Å². The first-order valence-electron chi connectivity index (χ1n) is 11.0. The number of nitrogens with zero attached hydrogens (tertiary/aromatic N) is 4. The number of aliphatic carboxylic acids is 2. The summed E-state index contributed by atoms with van der Waals surface area (Å²) in [6, 6.07) is 2.81. The molecule has 2 amide bonds. The van der Waals surface area contributed by atoms with E-state index in [1.165, 1.54) is 40.7 Å². The molecule has 0 spiro atoms. The van der Waals surface area contributed by atoms with Crippen molar-refractivity contribution in [2.75, 3.05) is 17.2 Å². The minimum absolute atomic E-state index is 0.0439. The molecule has 0 saturated carbocycles. The maximum atomic E-state index is 13.1. The van der Waals surface area contributed by atoms with Crippen molar-refractivity contribution >= 4 is 69.5 Å². The number of fused-ring (bicyclic) bond motifs is 1. The summed E-state index contributed by atoms with van der Waals surface area (Å²) in [5.41, 5.74) is 5.85. The van der Waals surface area contributed by atoms with E-state index in [0.717, 1.165) is 16.2 Å². The van der Waals surface area contributed by atoms with Crippen molar-refractivity contribution < 1.29 is 38.8 Å². The minimum Gasteiger partial charge on any atom is -0.478 e. The fraction of sp³-hybridized carbons (Fsp3) is 0.318. The lowest BCUT2D eigenvalue weighted by Gasteiger charge is -2.49. The number of carboxylic acid groups (broad SMARTS) is 2. The summed E-state index contributed by atoms with van der Waals surface area (Å²) < 4.78 is 1.89. The number of thiazole rings is 1. The topological polar surface area (TPSA) is 188 Å². The second-order valence-corrected chi connectivity index (χ2v) is 11.2. The molecule has 0 radical (unpaired) electrons. The molecule has 4 heterocycles. The summed E-state index contributed by atoms with van der Waals surface area (Å²) >= 11 is 3.84. The monoisotopic (exact) mass is 579 g/mol. The van der Waals surface area contributed by atoms with E-state index in [4.69, 9.17) is 15.7 Å². The van der Waals surface area contributed by atoms with Crippen LogP contribution in [0.1, 0.15) is 12.6 Å². The Bertz CT molecular complexity index is 1340. The van der Waals surface area contributed by atoms with Crippen LogP contribution in [0.2, 0.25) is 0 Å². The van der Waals surface area contributed by atoms with Gasteiger partial charge in [-0.15, -0.1) is 34.9 Å². The van der Waals surface area contributed by atoms with E-state index in [9.17, 15) is 24.3 Å². The van der Waals surface area contributed by atoms with Gasteiger partial charge >= 0.3 is 11.9 Å². The van der Waals surface area contributed by atoms with Gasteiger partial charge in [0.15, 0.2) is 23.2 Å². The Balaban J connectivity index is 1.50. The van der Waals surface area contributed by atoms with Crippen molar-refractivity contribution in [2.24, 2.45) is 12.2 Å². The van der Waals surface area contributed by atoms with Gasteiger partial charge in [-0.3, -0.25) is 14.5 Å². The number of nitrogen functional groups attached to an aromatic ring is 1. The second kappa shape index (κ2) is 11.4. The van der Waals surface area contributed by atoms with Crippen molar-refractivity contribution in [3.05, 3.63) is 46.9 Å². The van der Waals surface area contributed by atoms with E-state index < -0.39 is 41.3 Å². The first kappa shape index (κ1) is 27.4. The smallest absolute Gasteiger partial charge is 0.352 e. The first-order chi connectivity index (χ1) is 18.1. The standard InChI is InChI=1S/C22H22N6O7S3/c1-10(20(31)32)35-26-14(13-9-38-22(23)24-13)17(29)25-15-18(30)28-16(21(33)34)11(8-37-19(15)28)7-36-12-3-5-27(2)6-4-12/h3-6,9-10,15,19H,7-8H2,1-2H3,(H4-,23,24,25,29,31,32,33,34)/p+1/b26-14-/t10-,15+,19+/m0/s1. The molecule has 1 fully saturated rings. The number of carbonyl (C=O) groups is 4. The van der Waals surface area contributed by atoms with E-state index in [1.54, 1.807) is 0 Å². The van der Waals surface area contributed by atoms with Crippen LogP contribution in [0.15, 0.2) is 51.2 Å². The quantitative estimate of drug-likeness (QED) is 0.0994. The second-order valence-electron chi connectivity index (χ2n) is 8.20. The van der Waals surface area contributed by atoms with Crippen LogP contribution < -0.4 is 15.6 Å². The number of carboxylic acids is 2. The number of hydrogen-bond acceptors (Lipinski definition) is 11. The van der Waals surface area contributed by atoms with Crippen LogP contribution in [0.4, 0.5) is 5.13 Å². The molecular weight excluding hydrogens is 556 g/mol. The molecule has 200 valence electrons. The van der Waals surface area contributed by atoms with E-state index in [2.05, 4.69) is 15.5 Å². The van der Waals surface area contributed by atoms with Crippen LogP contribution in [0.3, 0.4) is 0 Å². The van der Waals surface area contributed by atoms with Crippen LogP contribution in [0.5, 0.6) is 0 Å². The van der Waals surface area contributed by atoms with Gasteiger partial charge in [0.2, 0.25) is 6.10 Å². The lowest BCUT2D eigenvalue weighted by atomic mass is 10.0. The molecule has 0 bridgehead atoms. The SMILES string of the molecule is C[C@H](O/N=C(\C(=O)N[C@@H]1C(=O)N2C(C(=O)O)=C(CSc3cc[n+](C)cc3)CS[C@H]12)c1csc(N)n1)C(=O)O. The van der Waals surface area contributed by atoms with Crippen LogP contribution in [0, 0.1) is 0 Å². The number of nitrogens with two attached hydrogens (primary N) is 1. The Morgan fingerprint density at radius 1 is 1.37 bits per heavy atom. The van der Waals surface area contributed by atoms with E-state index in [-0.39, 0.29) is 22.2 Å². The Hall–Kier alpha value is -3.63. The molecule has 16 heteroatoms. The number of carbonyl (C=O) groups excluding carboxylic acids is 2. The molecule has 0 unspecified atom stereocenters. The highest BCUT2D eigenvalue weighted by Crippen LogP contribution is 2.41. The molecule has 2 aliphatic heterocycles. The molecule has 38 heavy (non-hydrogen) atoms. The summed E-state index contributed by atoms with van der Waals surface area (Å²) in [6.45, 7) is 1.23. The number of anilines is 1. The maximum absolute atomic E-state index is 13.1. The third-order valence-electron chi connectivity index (χ3n) is 5.53. The van der Waals surface area contributed by atoms with Crippen molar-refractivity contribution in [3.63, 3.8) is 0 Å². The summed E-state index contributed by atoms with van der Waals surface area (Å²) in [7, 11) is 1.90. The number of rotatable bonds is 10. The summed E-state index contributed by atoms with van der Waals surface area (Å²) in [5.74, 6) is -3.20. The Morgan fingerprint density at radius 2 is 2.08 bits per heavy atom. The van der Waals surface area contributed by atoms with Crippen molar-refractivity contribution in [1.82, 2.24) is 15.2 Å². The zero-order chi connectivity index (χ0) is 27.6. The number of pyridine rings is 1. The van der Waals surface area contributed by atoms with E-state index >= 15 is 0 Å². The number of hydrogen-bond donors (Lipinski definition) is 4. The zero-order valence-electron chi connectivity index (χ0n) is 20.1. The maximum Gasteiger partial charge on any atom is 0.352 e. The van der Waals surface area contributed by atoms with Gasteiger partial charge in [-0.1, -0.05) is 5.16 Å². The van der Waals surface area contributed by atoms with E-state index in [1.807, 2.05) is 36.1 Å². The average molecular weight is 580 g/mol. The Kier molecular flexibility index (Phi) is 8.23. The van der Waals surface area contributed by atoms with Gasteiger partial charge in [0.25, 0.3) is 11.8 Å². The van der Waals surface area contributed by atoms with Gasteiger partial charge in [-0.25, -0.2) is 19.1 Å². The molecule has 0 aliphatic carbocycles. The third kappa shape index (κ3) is 5.76. The van der Waals surface area contributed by atoms with Gasteiger partial charge in [0.05, 0.1) is 0 Å². The summed E-state index contributed by atoms with van der Waals surface area (Å²) in [5, 5.41) is 26.1. The number of thioether (sulfide) groups is 2. The lowest BCUT2D eigenvalue weighted by Crippen LogP contribution is -2.71. The Labute approximate surface area is 228 Å². The molecule has 2 aliphatic rings. The minimum atomic E-state index is -1.35. The molecule has 0 aromatic carbocycles. The van der Waals surface area contributed by atoms with Crippen molar-refractivity contribution in [3.8, 4) is 0 Å². The number of nitrogens with one attached hydrogen (secondary N) is 1. The number of aromatic nitrogens is 2. The van der Waals surface area contributed by atoms with Crippen LogP contribution >= 0.6 is 34.9 Å². The molecule has 1 saturated heterocycles. The molecule has 2 aromatic heterocycles. The highest BCUT2D eigenvalue weighted by molar-refractivity contribution is 8.01. The van der Waals surface area contributed by atoms with Crippen LogP contribution in [-0.4, -0.2) is 78.6 Å². The van der Waals surface area contributed by atoms with Gasteiger partial charge in [-0.2, -0.15) is 0 Å². The lowest BCUT2D eigenvalue weighted by molar-refractivity contribution is -0.671. The van der Waals surface area contributed by atoms with Gasteiger partial charge < -0.3 is 26.1 Å². The molecule has 5 N–H and O–H groups in total. The van der Waals surface area contributed by atoms with Gasteiger partial charge in [0, 0.05) is 33.9 Å². The molecule has 13 nitrogen and oxygen atoms in total. The normalized spacial score (nSPS) is 19.9. The number of amides is 2. The predicted molar refractivity (Wildman–Crippen MR) is 139 cm³/mol. The highest BCUT2D eigenvalue weighted by atomic mass is 32.2. The Morgan fingerprint density at radius 3 is 2.68 bits per heavy atom. The fourth-order valence-electron chi connectivity index (χ4n) is 3.54. The zero-order valence-corrected chi connectivity index (χ0v) is 22.5. The molecule has 4 rings (SSSR count). The van der Waals surface area contributed by atoms with Gasteiger partial charge in [-0.05, 0) is 12.5 Å². The van der Waals surface area contributed by atoms with Crippen molar-refractivity contribution in [2.45, 2.75) is 29.3 Å². The average Bonchev–Trinajstić information content (AvgIpc) is 3.31. The first-order valence-corrected chi connectivity index (χ1v) is 13.9. The fourth-order valence-corrected chi connectivity index (χ4v) is 6.45. The largest absolute Gasteiger partial charge is 0.478 e. The molecular formula is C22H23N6O7S3+.